The van der Waals surface area contributed by atoms with Crippen molar-refractivity contribution in [2.45, 2.75) is 0 Å². The topological polar surface area (TPSA) is 102 Å². The fraction of sp³-hybridized carbons (Fsp3) is 0.200. The van der Waals surface area contributed by atoms with E-state index in [1.165, 1.54) is 14.2 Å². The van der Waals surface area contributed by atoms with E-state index in [0.29, 0.717) is 17.1 Å². The number of tetrazole rings is 1. The van der Waals surface area contributed by atoms with Gasteiger partial charge >= 0.3 is 0 Å². The van der Waals surface area contributed by atoms with Gasteiger partial charge in [-0.25, -0.2) is 0 Å². The van der Waals surface area contributed by atoms with Gasteiger partial charge < -0.3 is 9.47 Å². The molecule has 1 aromatic heterocycles. The fourth-order valence-corrected chi connectivity index (χ4v) is 1.37. The number of carbonyl (C=O) groups excluding carboxylic acids is 1. The maximum atomic E-state index is 11.9. The molecule has 1 amide bonds. The third kappa shape index (κ3) is 2.37. The molecule has 0 aliphatic rings. The first-order chi connectivity index (χ1) is 8.74. The zero-order valence-electron chi connectivity index (χ0n) is 9.80. The minimum absolute atomic E-state index is 0.0953. The van der Waals surface area contributed by atoms with Crippen molar-refractivity contribution in [1.82, 2.24) is 20.6 Å². The number of ether oxygens (including phenoxy) is 2. The lowest BCUT2D eigenvalue weighted by Gasteiger charge is -2.09. The van der Waals surface area contributed by atoms with E-state index < -0.39 is 5.91 Å². The number of nitrogens with zero attached hydrogens (tertiary/aromatic N) is 3. The van der Waals surface area contributed by atoms with Crippen LogP contribution in [-0.2, 0) is 0 Å². The Labute approximate surface area is 102 Å². The third-order valence-corrected chi connectivity index (χ3v) is 2.22. The van der Waals surface area contributed by atoms with Crippen LogP contribution in [0.5, 0.6) is 11.5 Å². The number of rotatable bonds is 4. The number of anilines is 1. The molecule has 0 aliphatic heterocycles. The normalized spacial score (nSPS) is 9.89. The summed E-state index contributed by atoms with van der Waals surface area (Å²) in [6.45, 7) is 0. The average molecular weight is 249 g/mol. The van der Waals surface area contributed by atoms with Gasteiger partial charge in [-0.3, -0.25) is 10.1 Å². The Bertz CT molecular complexity index is 540. The third-order valence-electron chi connectivity index (χ3n) is 2.22. The summed E-state index contributed by atoms with van der Waals surface area (Å²) in [6, 6.07) is 4.87. The number of hydrogen-bond acceptors (Lipinski definition) is 6. The molecule has 0 radical (unpaired) electrons. The van der Waals surface area contributed by atoms with Crippen molar-refractivity contribution in [3.05, 3.63) is 23.8 Å². The fourth-order valence-electron chi connectivity index (χ4n) is 1.37. The lowest BCUT2D eigenvalue weighted by molar-refractivity contribution is 0.102. The maximum Gasteiger partial charge on any atom is 0.270 e. The average Bonchev–Trinajstić information content (AvgIpc) is 2.90. The molecule has 0 atom stereocenters. The highest BCUT2D eigenvalue weighted by molar-refractivity contribution is 6.05. The van der Waals surface area contributed by atoms with Crippen molar-refractivity contribution in [3.63, 3.8) is 0 Å². The molecule has 1 aromatic carbocycles. The SMILES string of the molecule is COc1ccc(C(=O)Nc2nn[nH]n2)c(OC)c1. The van der Waals surface area contributed by atoms with Crippen molar-refractivity contribution in [1.29, 1.82) is 0 Å². The van der Waals surface area contributed by atoms with Gasteiger partial charge in [-0.05, 0) is 17.3 Å². The molecule has 0 saturated carbocycles. The van der Waals surface area contributed by atoms with E-state index in [1.54, 1.807) is 18.2 Å². The van der Waals surface area contributed by atoms with Crippen LogP contribution in [0.4, 0.5) is 5.95 Å². The van der Waals surface area contributed by atoms with E-state index in [0.717, 1.165) is 0 Å². The number of hydrogen-bond donors (Lipinski definition) is 2. The number of aromatic amines is 1. The summed E-state index contributed by atoms with van der Waals surface area (Å²) in [6.07, 6.45) is 0. The highest BCUT2D eigenvalue weighted by atomic mass is 16.5. The van der Waals surface area contributed by atoms with Crippen LogP contribution in [-0.4, -0.2) is 40.8 Å². The van der Waals surface area contributed by atoms with Gasteiger partial charge in [-0.1, -0.05) is 5.10 Å². The van der Waals surface area contributed by atoms with Crippen molar-refractivity contribution in [3.8, 4) is 11.5 Å². The standard InChI is InChI=1S/C10H11N5O3/c1-17-6-3-4-7(8(5-6)18-2)9(16)11-10-12-14-15-13-10/h3-5H,1-2H3,(H2,11,12,13,14,15,16). The minimum Gasteiger partial charge on any atom is -0.497 e. The molecule has 0 aliphatic carbocycles. The van der Waals surface area contributed by atoms with Crippen molar-refractivity contribution in [2.24, 2.45) is 0 Å². The second-order valence-corrected chi connectivity index (χ2v) is 3.26. The van der Waals surface area contributed by atoms with Gasteiger partial charge in [0.05, 0.1) is 19.8 Å². The number of methoxy groups -OCH3 is 2. The van der Waals surface area contributed by atoms with Gasteiger partial charge in [0.25, 0.3) is 11.9 Å². The molecule has 0 fully saturated rings. The largest absolute Gasteiger partial charge is 0.497 e. The van der Waals surface area contributed by atoms with Crippen LogP contribution in [0.1, 0.15) is 10.4 Å². The van der Waals surface area contributed by atoms with Crippen LogP contribution in [0.25, 0.3) is 0 Å². The van der Waals surface area contributed by atoms with Gasteiger partial charge in [-0.15, -0.1) is 5.10 Å². The maximum absolute atomic E-state index is 11.9. The van der Waals surface area contributed by atoms with Crippen molar-refractivity contribution < 1.29 is 14.3 Å². The number of aromatic nitrogens is 4. The van der Waals surface area contributed by atoms with E-state index in [-0.39, 0.29) is 5.95 Å². The van der Waals surface area contributed by atoms with E-state index in [1.807, 2.05) is 0 Å². The first-order valence-electron chi connectivity index (χ1n) is 5.01. The Morgan fingerprint density at radius 3 is 2.78 bits per heavy atom. The first kappa shape index (κ1) is 11.8. The van der Waals surface area contributed by atoms with Gasteiger partial charge in [0.15, 0.2) is 0 Å². The van der Waals surface area contributed by atoms with Crippen molar-refractivity contribution in [2.75, 3.05) is 19.5 Å². The van der Waals surface area contributed by atoms with E-state index in [9.17, 15) is 4.79 Å². The monoisotopic (exact) mass is 249 g/mol. The first-order valence-corrected chi connectivity index (χ1v) is 5.01. The quantitative estimate of drug-likeness (QED) is 0.816. The predicted molar refractivity (Wildman–Crippen MR) is 61.7 cm³/mol. The lowest BCUT2D eigenvalue weighted by Crippen LogP contribution is -2.14. The summed E-state index contributed by atoms with van der Waals surface area (Å²) < 4.78 is 10.2. The summed E-state index contributed by atoms with van der Waals surface area (Å²) in [5.41, 5.74) is 0.350. The smallest absolute Gasteiger partial charge is 0.270 e. The molecule has 8 heteroatoms. The second kappa shape index (κ2) is 5.13. The Hall–Kier alpha value is -2.64. The molecule has 0 saturated heterocycles. The molecule has 2 rings (SSSR count). The highest BCUT2D eigenvalue weighted by Gasteiger charge is 2.14. The molecule has 0 spiro atoms. The van der Waals surface area contributed by atoms with Crippen molar-refractivity contribution >= 4 is 11.9 Å². The Kier molecular flexibility index (Phi) is 3.37. The second-order valence-electron chi connectivity index (χ2n) is 3.26. The van der Waals surface area contributed by atoms with E-state index >= 15 is 0 Å². The van der Waals surface area contributed by atoms with Crippen LogP contribution in [0.15, 0.2) is 18.2 Å². The molecule has 8 nitrogen and oxygen atoms in total. The van der Waals surface area contributed by atoms with Crippen LogP contribution < -0.4 is 14.8 Å². The number of H-pyrrole nitrogens is 1. The minimum atomic E-state index is -0.393. The zero-order valence-corrected chi connectivity index (χ0v) is 9.80. The number of carbonyl (C=O) groups is 1. The van der Waals surface area contributed by atoms with Gasteiger partial charge in [-0.2, -0.15) is 5.21 Å². The summed E-state index contributed by atoms with van der Waals surface area (Å²) in [7, 11) is 3.01. The molecule has 2 N–H and O–H groups in total. The van der Waals surface area contributed by atoms with Gasteiger partial charge in [0, 0.05) is 6.07 Å². The van der Waals surface area contributed by atoms with Crippen LogP contribution in [0.2, 0.25) is 0 Å². The number of nitrogens with one attached hydrogen (secondary N) is 2. The van der Waals surface area contributed by atoms with E-state index in [2.05, 4.69) is 25.9 Å². The molecule has 0 bridgehead atoms. The summed E-state index contributed by atoms with van der Waals surface area (Å²) in [5.74, 6) is 0.701. The predicted octanol–water partition coefficient (Wildman–Crippen LogP) is 0.469. The Morgan fingerprint density at radius 1 is 1.33 bits per heavy atom. The van der Waals surface area contributed by atoms with Crippen LogP contribution >= 0.6 is 0 Å². The summed E-state index contributed by atoms with van der Waals surface area (Å²) in [4.78, 5) is 11.9. The van der Waals surface area contributed by atoms with E-state index in [4.69, 9.17) is 9.47 Å². The molecule has 18 heavy (non-hydrogen) atoms. The lowest BCUT2D eigenvalue weighted by atomic mass is 10.2. The summed E-state index contributed by atoms with van der Waals surface area (Å²) >= 11 is 0. The van der Waals surface area contributed by atoms with Gasteiger partial charge in [0.1, 0.15) is 11.5 Å². The van der Waals surface area contributed by atoms with Crippen LogP contribution in [0.3, 0.4) is 0 Å². The number of amides is 1. The Morgan fingerprint density at radius 2 is 2.17 bits per heavy atom. The molecule has 2 aromatic rings. The Balaban J connectivity index is 2.24. The number of benzene rings is 1. The zero-order chi connectivity index (χ0) is 13.0. The van der Waals surface area contributed by atoms with Gasteiger partial charge in [0.2, 0.25) is 0 Å². The molecule has 1 heterocycles. The molecular formula is C10H11N5O3. The molecule has 94 valence electrons. The summed E-state index contributed by atoms with van der Waals surface area (Å²) in [5, 5.41) is 15.3. The molecule has 0 unspecified atom stereocenters. The van der Waals surface area contributed by atoms with Crippen LogP contribution in [0, 0.1) is 0 Å². The highest BCUT2D eigenvalue weighted by Crippen LogP contribution is 2.24. The molecular weight excluding hydrogens is 238 g/mol.